The van der Waals surface area contributed by atoms with Crippen LogP contribution in [0.25, 0.3) is 0 Å². The van der Waals surface area contributed by atoms with Gasteiger partial charge in [-0.3, -0.25) is 0 Å². The Bertz CT molecular complexity index is 523. The van der Waals surface area contributed by atoms with Crippen LogP contribution in [0.15, 0.2) is 58.8 Å². The molecule has 0 fully saturated rings. The summed E-state index contributed by atoms with van der Waals surface area (Å²) in [5.74, 6) is 0.606. The maximum absolute atomic E-state index is 5.71. The highest BCUT2D eigenvalue weighted by Gasteiger charge is 1.99. The number of nitrogens with zero attached hydrogens (tertiary/aromatic N) is 2. The Morgan fingerprint density at radius 2 is 1.65 bits per heavy atom. The van der Waals surface area contributed by atoms with E-state index < -0.39 is 0 Å². The summed E-state index contributed by atoms with van der Waals surface area (Å²) in [5, 5.41) is 8.23. The fraction of sp³-hybridized carbons (Fsp3) is 0.0769. The topological polar surface area (TPSA) is 60.0 Å². The summed E-state index contributed by atoms with van der Waals surface area (Å²) in [6, 6.07) is 14.8. The molecule has 86 valence electrons. The molecule has 0 spiro atoms. The molecular weight excluding hydrogens is 214 g/mol. The quantitative estimate of drug-likeness (QED) is 0.642. The van der Waals surface area contributed by atoms with Gasteiger partial charge in [-0.15, -0.1) is 0 Å². The van der Waals surface area contributed by atoms with E-state index in [0.29, 0.717) is 17.1 Å². The lowest BCUT2D eigenvalue weighted by Crippen LogP contribution is -1.90. The highest BCUT2D eigenvalue weighted by atomic mass is 16.5. The van der Waals surface area contributed by atoms with Crippen molar-refractivity contribution in [1.82, 2.24) is 0 Å². The smallest absolute Gasteiger partial charge is 0.143 e. The average Bonchev–Trinajstić information content (AvgIpc) is 2.39. The Morgan fingerprint density at radius 1 is 0.941 bits per heavy atom. The molecule has 0 aliphatic carbocycles. The largest absolute Gasteiger partial charge is 0.495 e. The molecule has 0 unspecified atom stereocenters. The molecular formula is C13H13N3O. The van der Waals surface area contributed by atoms with Gasteiger partial charge in [0.2, 0.25) is 0 Å². The van der Waals surface area contributed by atoms with Gasteiger partial charge in [0.25, 0.3) is 0 Å². The second-order valence-corrected chi connectivity index (χ2v) is 3.46. The van der Waals surface area contributed by atoms with Gasteiger partial charge in [0.05, 0.1) is 24.2 Å². The first-order chi connectivity index (χ1) is 8.29. The van der Waals surface area contributed by atoms with E-state index in [0.717, 1.165) is 5.69 Å². The Morgan fingerprint density at radius 3 is 2.35 bits per heavy atom. The van der Waals surface area contributed by atoms with Crippen molar-refractivity contribution in [3.8, 4) is 5.75 Å². The number of benzene rings is 2. The maximum Gasteiger partial charge on any atom is 0.143 e. The van der Waals surface area contributed by atoms with Gasteiger partial charge in [-0.25, -0.2) is 0 Å². The summed E-state index contributed by atoms with van der Waals surface area (Å²) >= 11 is 0. The lowest BCUT2D eigenvalue weighted by molar-refractivity contribution is 0.417. The normalized spacial score (nSPS) is 10.6. The van der Waals surface area contributed by atoms with Crippen LogP contribution in [-0.4, -0.2) is 7.11 Å². The third-order valence-electron chi connectivity index (χ3n) is 2.25. The predicted molar refractivity (Wildman–Crippen MR) is 68.0 cm³/mol. The molecule has 0 saturated heterocycles. The molecule has 2 aromatic rings. The van der Waals surface area contributed by atoms with Crippen LogP contribution >= 0.6 is 0 Å². The molecule has 0 amide bonds. The van der Waals surface area contributed by atoms with Gasteiger partial charge in [0.1, 0.15) is 5.75 Å². The minimum Gasteiger partial charge on any atom is -0.495 e. The number of nitrogen functional groups attached to an aromatic ring is 1. The molecule has 4 heteroatoms. The summed E-state index contributed by atoms with van der Waals surface area (Å²) in [5.41, 5.74) is 7.82. The first-order valence-electron chi connectivity index (χ1n) is 5.20. The van der Waals surface area contributed by atoms with Gasteiger partial charge in [-0.2, -0.15) is 10.2 Å². The number of rotatable bonds is 3. The summed E-state index contributed by atoms with van der Waals surface area (Å²) < 4.78 is 5.11. The van der Waals surface area contributed by atoms with E-state index >= 15 is 0 Å². The van der Waals surface area contributed by atoms with E-state index in [1.165, 1.54) is 0 Å². The number of anilines is 1. The summed E-state index contributed by atoms with van der Waals surface area (Å²) in [7, 11) is 1.57. The van der Waals surface area contributed by atoms with Gasteiger partial charge in [0.15, 0.2) is 0 Å². The Labute approximate surface area is 99.8 Å². The molecule has 0 saturated carbocycles. The van der Waals surface area contributed by atoms with Crippen molar-refractivity contribution in [3.05, 3.63) is 48.5 Å². The van der Waals surface area contributed by atoms with Crippen molar-refractivity contribution in [2.75, 3.05) is 12.8 Å². The molecule has 2 rings (SSSR count). The molecule has 4 nitrogen and oxygen atoms in total. The molecule has 2 aromatic carbocycles. The first kappa shape index (κ1) is 11.1. The summed E-state index contributed by atoms with van der Waals surface area (Å²) in [6.07, 6.45) is 0. The van der Waals surface area contributed by atoms with Crippen LogP contribution in [-0.2, 0) is 0 Å². The minimum absolute atomic E-state index is 0.589. The maximum atomic E-state index is 5.71. The summed E-state index contributed by atoms with van der Waals surface area (Å²) in [4.78, 5) is 0. The molecule has 0 bridgehead atoms. The van der Waals surface area contributed by atoms with Crippen LogP contribution in [0.4, 0.5) is 17.1 Å². The molecule has 17 heavy (non-hydrogen) atoms. The van der Waals surface area contributed by atoms with Crippen LogP contribution in [0.2, 0.25) is 0 Å². The zero-order valence-corrected chi connectivity index (χ0v) is 9.50. The van der Waals surface area contributed by atoms with E-state index in [-0.39, 0.29) is 0 Å². The van der Waals surface area contributed by atoms with Crippen molar-refractivity contribution in [3.63, 3.8) is 0 Å². The van der Waals surface area contributed by atoms with Crippen molar-refractivity contribution in [2.24, 2.45) is 10.2 Å². The average molecular weight is 227 g/mol. The number of nitrogens with two attached hydrogens (primary N) is 1. The minimum atomic E-state index is 0.589. The molecule has 0 atom stereocenters. The van der Waals surface area contributed by atoms with Crippen LogP contribution in [0.3, 0.4) is 0 Å². The van der Waals surface area contributed by atoms with Crippen LogP contribution < -0.4 is 10.5 Å². The Kier molecular flexibility index (Phi) is 3.35. The molecule has 0 radical (unpaired) electrons. The van der Waals surface area contributed by atoms with Crippen molar-refractivity contribution < 1.29 is 4.74 Å². The van der Waals surface area contributed by atoms with Crippen molar-refractivity contribution in [2.45, 2.75) is 0 Å². The number of hydrogen-bond donors (Lipinski definition) is 1. The fourth-order valence-electron chi connectivity index (χ4n) is 1.37. The van der Waals surface area contributed by atoms with Crippen molar-refractivity contribution >= 4 is 17.1 Å². The summed E-state index contributed by atoms with van der Waals surface area (Å²) in [6.45, 7) is 0. The van der Waals surface area contributed by atoms with E-state index in [1.54, 1.807) is 25.3 Å². The Balaban J connectivity index is 2.22. The van der Waals surface area contributed by atoms with Gasteiger partial charge in [-0.1, -0.05) is 18.2 Å². The molecule has 0 heterocycles. The van der Waals surface area contributed by atoms with Gasteiger partial charge in [-0.05, 0) is 24.3 Å². The molecule has 0 aliphatic rings. The monoisotopic (exact) mass is 227 g/mol. The van der Waals surface area contributed by atoms with Gasteiger partial charge in [0, 0.05) is 6.07 Å². The van der Waals surface area contributed by atoms with Crippen molar-refractivity contribution in [1.29, 1.82) is 0 Å². The molecule has 0 aliphatic heterocycles. The van der Waals surface area contributed by atoms with E-state index in [9.17, 15) is 0 Å². The zero-order valence-electron chi connectivity index (χ0n) is 9.50. The second-order valence-electron chi connectivity index (χ2n) is 3.46. The first-order valence-corrected chi connectivity index (χ1v) is 5.20. The zero-order chi connectivity index (χ0) is 12.1. The van der Waals surface area contributed by atoms with Crippen LogP contribution in [0.5, 0.6) is 5.75 Å². The van der Waals surface area contributed by atoms with E-state index in [2.05, 4.69) is 10.2 Å². The lowest BCUT2D eigenvalue weighted by atomic mass is 10.2. The standard InChI is InChI=1S/C13H13N3O/c1-17-13-9-11(7-8-12(13)14)16-15-10-5-3-2-4-6-10/h2-9H,14H2,1H3/b16-15+. The van der Waals surface area contributed by atoms with E-state index in [1.807, 2.05) is 30.3 Å². The van der Waals surface area contributed by atoms with Crippen LogP contribution in [0, 0.1) is 0 Å². The third kappa shape index (κ3) is 2.81. The highest BCUT2D eigenvalue weighted by Crippen LogP contribution is 2.27. The second kappa shape index (κ2) is 5.12. The number of hydrogen-bond acceptors (Lipinski definition) is 4. The lowest BCUT2D eigenvalue weighted by Gasteiger charge is -2.03. The Hall–Kier alpha value is -2.36. The van der Waals surface area contributed by atoms with E-state index in [4.69, 9.17) is 10.5 Å². The SMILES string of the molecule is COc1cc(/N=N/c2ccccc2)ccc1N. The fourth-order valence-corrected chi connectivity index (χ4v) is 1.37. The number of ether oxygens (including phenoxy) is 1. The number of methoxy groups -OCH3 is 1. The van der Waals surface area contributed by atoms with Gasteiger partial charge < -0.3 is 10.5 Å². The van der Waals surface area contributed by atoms with Gasteiger partial charge >= 0.3 is 0 Å². The number of azo groups is 1. The molecule has 2 N–H and O–H groups in total. The molecule has 0 aromatic heterocycles. The predicted octanol–water partition coefficient (Wildman–Crippen LogP) is 3.69. The highest BCUT2D eigenvalue weighted by molar-refractivity contribution is 5.59. The third-order valence-corrected chi connectivity index (χ3v) is 2.25. The van der Waals surface area contributed by atoms with Crippen LogP contribution in [0.1, 0.15) is 0 Å².